The molecule has 0 aliphatic rings. The number of aromatic nitrogens is 1. The van der Waals surface area contributed by atoms with Gasteiger partial charge in [-0.2, -0.15) is 0 Å². The van der Waals surface area contributed by atoms with E-state index in [2.05, 4.69) is 17.5 Å². The van der Waals surface area contributed by atoms with Crippen molar-refractivity contribution in [3.63, 3.8) is 0 Å². The van der Waals surface area contributed by atoms with E-state index in [1.165, 1.54) is 0 Å². The lowest BCUT2D eigenvalue weighted by Crippen LogP contribution is -1.98. The van der Waals surface area contributed by atoms with Crippen LogP contribution in [0.5, 0.6) is 5.75 Å². The molecule has 3 aromatic rings. The Morgan fingerprint density at radius 1 is 1.14 bits per heavy atom. The molecule has 22 heavy (non-hydrogen) atoms. The van der Waals surface area contributed by atoms with Gasteiger partial charge in [0.15, 0.2) is 0 Å². The summed E-state index contributed by atoms with van der Waals surface area (Å²) in [6, 6.07) is 16.2. The fraction of sp³-hybridized carbons (Fsp3) is 0.167. The van der Waals surface area contributed by atoms with Gasteiger partial charge in [0, 0.05) is 17.4 Å². The molecule has 1 aromatic heterocycles. The highest BCUT2D eigenvalue weighted by Crippen LogP contribution is 2.26. The largest absolute Gasteiger partial charge is 0.492 e. The number of hydrogen-bond acceptors (Lipinski definition) is 4. The van der Waals surface area contributed by atoms with Crippen LogP contribution in [0, 0.1) is 0 Å². The van der Waals surface area contributed by atoms with Crippen LogP contribution in [0.4, 0.5) is 5.69 Å². The van der Waals surface area contributed by atoms with E-state index in [9.17, 15) is 0 Å². The Morgan fingerprint density at radius 3 is 2.68 bits per heavy atom. The molecule has 0 aliphatic heterocycles. The molecule has 0 spiro atoms. The van der Waals surface area contributed by atoms with E-state index in [-0.39, 0.29) is 0 Å². The Labute approximate surface area is 134 Å². The summed E-state index contributed by atoms with van der Waals surface area (Å²) in [6.45, 7) is 2.57. The van der Waals surface area contributed by atoms with Crippen LogP contribution in [-0.4, -0.2) is 11.6 Å². The molecule has 0 saturated carbocycles. The predicted molar refractivity (Wildman–Crippen MR) is 92.4 cm³/mol. The number of hydrogen-bond donors (Lipinski definition) is 1. The van der Waals surface area contributed by atoms with Crippen LogP contribution < -0.4 is 10.5 Å². The number of benzene rings is 2. The fourth-order valence-corrected chi connectivity index (χ4v) is 3.14. The third-order valence-corrected chi connectivity index (χ3v) is 4.20. The summed E-state index contributed by atoms with van der Waals surface area (Å²) in [7, 11) is 0. The van der Waals surface area contributed by atoms with E-state index in [1.54, 1.807) is 11.3 Å². The number of nitrogens with zero attached hydrogens (tertiary/aromatic N) is 1. The monoisotopic (exact) mass is 310 g/mol. The molecule has 2 N–H and O–H groups in total. The second-order valence-electron chi connectivity index (χ2n) is 4.97. The molecule has 0 radical (unpaired) electrons. The van der Waals surface area contributed by atoms with Crippen molar-refractivity contribution >= 4 is 17.0 Å². The maximum absolute atomic E-state index is 6.02. The summed E-state index contributed by atoms with van der Waals surface area (Å²) in [4.78, 5) is 4.71. The summed E-state index contributed by atoms with van der Waals surface area (Å²) in [5.74, 6) is 0.746. The summed E-state index contributed by atoms with van der Waals surface area (Å²) in [5, 5.41) is 3.19. The summed E-state index contributed by atoms with van der Waals surface area (Å²) >= 11 is 1.68. The molecule has 1 heterocycles. The van der Waals surface area contributed by atoms with E-state index >= 15 is 0 Å². The summed E-state index contributed by atoms with van der Waals surface area (Å²) < 4.78 is 5.47. The average Bonchev–Trinajstić information content (AvgIpc) is 3.00. The van der Waals surface area contributed by atoms with E-state index in [0.717, 1.165) is 34.0 Å². The van der Waals surface area contributed by atoms with Gasteiger partial charge in [-0.15, -0.1) is 11.3 Å². The lowest BCUT2D eigenvalue weighted by Gasteiger charge is -2.08. The highest BCUT2D eigenvalue weighted by atomic mass is 32.1. The number of thiazole rings is 1. The quantitative estimate of drug-likeness (QED) is 0.711. The van der Waals surface area contributed by atoms with Crippen LogP contribution in [0.3, 0.4) is 0 Å². The summed E-state index contributed by atoms with van der Waals surface area (Å²) in [6.07, 6.45) is 0.786. The van der Waals surface area contributed by atoms with Gasteiger partial charge in [0.05, 0.1) is 23.0 Å². The highest BCUT2D eigenvalue weighted by molar-refractivity contribution is 7.10. The lowest BCUT2D eigenvalue weighted by atomic mass is 10.1. The van der Waals surface area contributed by atoms with E-state index in [1.807, 2.05) is 43.3 Å². The Kier molecular flexibility index (Phi) is 4.39. The van der Waals surface area contributed by atoms with Gasteiger partial charge in [-0.1, -0.05) is 36.4 Å². The first kappa shape index (κ1) is 14.6. The van der Waals surface area contributed by atoms with Crippen LogP contribution in [0.2, 0.25) is 0 Å². The van der Waals surface area contributed by atoms with Crippen molar-refractivity contribution in [2.75, 3.05) is 12.3 Å². The van der Waals surface area contributed by atoms with Crippen molar-refractivity contribution in [3.05, 3.63) is 64.5 Å². The molecule has 0 bridgehead atoms. The number of rotatable bonds is 5. The van der Waals surface area contributed by atoms with E-state index in [0.29, 0.717) is 12.3 Å². The van der Waals surface area contributed by atoms with Crippen molar-refractivity contribution in [2.45, 2.75) is 13.3 Å². The maximum atomic E-state index is 6.02. The molecule has 0 unspecified atom stereocenters. The number of anilines is 1. The SMILES string of the molecule is CCOc1ccc(Cc2nc(-c3ccccc3)cs2)cc1N. The molecule has 0 aliphatic carbocycles. The van der Waals surface area contributed by atoms with E-state index in [4.69, 9.17) is 15.5 Å². The van der Waals surface area contributed by atoms with Gasteiger partial charge >= 0.3 is 0 Å². The third kappa shape index (κ3) is 3.28. The van der Waals surface area contributed by atoms with Crippen molar-refractivity contribution in [1.82, 2.24) is 4.98 Å². The minimum atomic E-state index is 0.621. The normalized spacial score (nSPS) is 10.6. The van der Waals surface area contributed by atoms with Crippen LogP contribution in [0.25, 0.3) is 11.3 Å². The maximum Gasteiger partial charge on any atom is 0.142 e. The minimum Gasteiger partial charge on any atom is -0.492 e. The second kappa shape index (κ2) is 6.62. The molecule has 112 valence electrons. The zero-order valence-corrected chi connectivity index (χ0v) is 13.3. The standard InChI is InChI=1S/C18H18N2OS/c1-2-21-17-9-8-13(10-15(17)19)11-18-20-16(12-22-18)14-6-4-3-5-7-14/h3-10,12H,2,11,19H2,1H3. The smallest absolute Gasteiger partial charge is 0.142 e. The molecule has 4 heteroatoms. The van der Waals surface area contributed by atoms with Gasteiger partial charge in [0.2, 0.25) is 0 Å². The number of ether oxygens (including phenoxy) is 1. The first-order valence-electron chi connectivity index (χ1n) is 7.27. The fourth-order valence-electron chi connectivity index (χ4n) is 2.30. The van der Waals surface area contributed by atoms with E-state index < -0.39 is 0 Å². The Balaban J connectivity index is 1.77. The Bertz CT molecular complexity index is 753. The average molecular weight is 310 g/mol. The van der Waals surface area contributed by atoms with Gasteiger partial charge in [-0.3, -0.25) is 0 Å². The van der Waals surface area contributed by atoms with Crippen LogP contribution in [0.15, 0.2) is 53.9 Å². The molecule has 3 nitrogen and oxygen atoms in total. The molecule has 0 atom stereocenters. The highest BCUT2D eigenvalue weighted by Gasteiger charge is 2.07. The predicted octanol–water partition coefficient (Wildman–Crippen LogP) is 4.38. The van der Waals surface area contributed by atoms with Crippen molar-refractivity contribution in [3.8, 4) is 17.0 Å². The molecule has 3 rings (SSSR count). The van der Waals surface area contributed by atoms with Gasteiger partial charge in [0.1, 0.15) is 5.75 Å². The zero-order chi connectivity index (χ0) is 15.4. The van der Waals surface area contributed by atoms with Crippen LogP contribution >= 0.6 is 11.3 Å². The van der Waals surface area contributed by atoms with Crippen LogP contribution in [-0.2, 0) is 6.42 Å². The molecule has 0 amide bonds. The van der Waals surface area contributed by atoms with Crippen LogP contribution in [0.1, 0.15) is 17.5 Å². The van der Waals surface area contributed by atoms with Gasteiger partial charge < -0.3 is 10.5 Å². The Morgan fingerprint density at radius 2 is 1.95 bits per heavy atom. The lowest BCUT2D eigenvalue weighted by molar-refractivity contribution is 0.342. The second-order valence-corrected chi connectivity index (χ2v) is 5.92. The van der Waals surface area contributed by atoms with Crippen molar-refractivity contribution < 1.29 is 4.74 Å². The number of nitrogen functional groups attached to an aromatic ring is 1. The van der Waals surface area contributed by atoms with Crippen molar-refractivity contribution in [2.24, 2.45) is 0 Å². The first-order chi connectivity index (χ1) is 10.8. The van der Waals surface area contributed by atoms with Gasteiger partial charge in [-0.05, 0) is 24.6 Å². The topological polar surface area (TPSA) is 48.1 Å². The zero-order valence-electron chi connectivity index (χ0n) is 12.5. The molecule has 0 saturated heterocycles. The number of nitrogens with two attached hydrogens (primary N) is 1. The third-order valence-electron chi connectivity index (χ3n) is 3.35. The first-order valence-corrected chi connectivity index (χ1v) is 8.15. The Hall–Kier alpha value is -2.33. The van der Waals surface area contributed by atoms with Gasteiger partial charge in [0.25, 0.3) is 0 Å². The van der Waals surface area contributed by atoms with Gasteiger partial charge in [-0.25, -0.2) is 4.98 Å². The molecular formula is C18H18N2OS. The molecular weight excluding hydrogens is 292 g/mol. The molecule has 2 aromatic carbocycles. The summed E-state index contributed by atoms with van der Waals surface area (Å²) in [5.41, 5.74) is 10.0. The minimum absolute atomic E-state index is 0.621. The molecule has 0 fully saturated rings. The van der Waals surface area contributed by atoms with Crippen molar-refractivity contribution in [1.29, 1.82) is 0 Å².